The van der Waals surface area contributed by atoms with Crippen LogP contribution in [-0.4, -0.2) is 9.97 Å². The molecule has 0 bridgehead atoms. The molecule has 0 radical (unpaired) electrons. The van der Waals surface area contributed by atoms with Crippen LogP contribution in [0.25, 0.3) is 0 Å². The minimum Gasteiger partial charge on any atom is -0.484 e. The van der Waals surface area contributed by atoms with Crippen molar-refractivity contribution in [2.75, 3.05) is 0 Å². The van der Waals surface area contributed by atoms with Crippen molar-refractivity contribution in [3.8, 4) is 5.75 Å². The Kier molecular flexibility index (Phi) is 3.90. The summed E-state index contributed by atoms with van der Waals surface area (Å²) in [6.45, 7) is 0.176. The Morgan fingerprint density at radius 3 is 2.42 bits per heavy atom. The summed E-state index contributed by atoms with van der Waals surface area (Å²) in [6, 6.07) is 9.13. The quantitative estimate of drug-likeness (QED) is 0.807. The summed E-state index contributed by atoms with van der Waals surface area (Å²) in [4.78, 5) is 6.34. The molecular formula is C12H8ClF3N2O. The van der Waals surface area contributed by atoms with Gasteiger partial charge in [-0.1, -0.05) is 41.9 Å². The summed E-state index contributed by atoms with van der Waals surface area (Å²) >= 11 is 5.63. The zero-order chi connectivity index (χ0) is 13.9. The molecule has 0 aliphatic carbocycles. The number of alkyl halides is 3. The standard InChI is InChI=1S/C12H8ClF3N2O/c13-10-9(6-17-11(18-10)12(14,15)16)19-7-8-4-2-1-3-5-8/h1-6H,7H2. The SMILES string of the molecule is FC(F)(F)c1ncc(OCc2ccccc2)c(Cl)n1. The Labute approximate surface area is 112 Å². The highest BCUT2D eigenvalue weighted by atomic mass is 35.5. The van der Waals surface area contributed by atoms with Crippen LogP contribution in [-0.2, 0) is 12.8 Å². The largest absolute Gasteiger partial charge is 0.484 e. The maximum Gasteiger partial charge on any atom is 0.451 e. The second kappa shape index (κ2) is 5.44. The van der Waals surface area contributed by atoms with Crippen molar-refractivity contribution < 1.29 is 17.9 Å². The molecule has 100 valence electrons. The minimum absolute atomic E-state index is 0.0125. The zero-order valence-electron chi connectivity index (χ0n) is 9.49. The van der Waals surface area contributed by atoms with Crippen molar-refractivity contribution in [2.24, 2.45) is 0 Å². The van der Waals surface area contributed by atoms with Crippen molar-refractivity contribution in [2.45, 2.75) is 12.8 Å². The predicted octanol–water partition coefficient (Wildman–Crippen LogP) is 3.73. The van der Waals surface area contributed by atoms with Gasteiger partial charge >= 0.3 is 6.18 Å². The summed E-state index contributed by atoms with van der Waals surface area (Å²) in [5.41, 5.74) is 0.860. The lowest BCUT2D eigenvalue weighted by atomic mass is 10.2. The first-order valence-corrected chi connectivity index (χ1v) is 5.61. The number of nitrogens with zero attached hydrogens (tertiary/aromatic N) is 2. The zero-order valence-corrected chi connectivity index (χ0v) is 10.2. The third-order valence-electron chi connectivity index (χ3n) is 2.20. The van der Waals surface area contributed by atoms with Crippen LogP contribution in [0.15, 0.2) is 36.5 Å². The van der Waals surface area contributed by atoms with Crippen molar-refractivity contribution in [3.63, 3.8) is 0 Å². The highest BCUT2D eigenvalue weighted by molar-refractivity contribution is 6.30. The molecule has 2 aromatic rings. The van der Waals surface area contributed by atoms with E-state index in [1.165, 1.54) is 0 Å². The van der Waals surface area contributed by atoms with Crippen LogP contribution in [0.5, 0.6) is 5.75 Å². The molecule has 19 heavy (non-hydrogen) atoms. The molecule has 0 saturated heterocycles. The molecule has 1 heterocycles. The molecule has 0 amide bonds. The van der Waals surface area contributed by atoms with E-state index in [1.807, 2.05) is 30.3 Å². The van der Waals surface area contributed by atoms with Crippen LogP contribution in [0.3, 0.4) is 0 Å². The third-order valence-corrected chi connectivity index (χ3v) is 2.47. The Balaban J connectivity index is 2.10. The number of benzene rings is 1. The summed E-state index contributed by atoms with van der Waals surface area (Å²) in [7, 11) is 0. The van der Waals surface area contributed by atoms with Gasteiger partial charge in [-0.05, 0) is 5.56 Å². The predicted molar refractivity (Wildman–Crippen MR) is 62.8 cm³/mol. The molecule has 1 aromatic heterocycles. The van der Waals surface area contributed by atoms with Crippen LogP contribution < -0.4 is 4.74 Å². The fourth-order valence-electron chi connectivity index (χ4n) is 1.32. The molecule has 0 spiro atoms. The summed E-state index contributed by atoms with van der Waals surface area (Å²) in [5.74, 6) is -1.27. The molecule has 7 heteroatoms. The van der Waals surface area contributed by atoms with Crippen molar-refractivity contribution in [1.29, 1.82) is 0 Å². The molecule has 0 saturated carbocycles. The Morgan fingerprint density at radius 2 is 1.84 bits per heavy atom. The van der Waals surface area contributed by atoms with Gasteiger partial charge in [-0.3, -0.25) is 0 Å². The summed E-state index contributed by atoms with van der Waals surface area (Å²) < 4.78 is 42.2. The maximum atomic E-state index is 12.3. The highest BCUT2D eigenvalue weighted by Gasteiger charge is 2.35. The van der Waals surface area contributed by atoms with Gasteiger partial charge in [-0.15, -0.1) is 0 Å². The first-order valence-electron chi connectivity index (χ1n) is 5.23. The summed E-state index contributed by atoms with van der Waals surface area (Å²) in [5, 5.41) is -0.363. The van der Waals surface area contributed by atoms with Crippen LogP contribution in [0.2, 0.25) is 5.15 Å². The van der Waals surface area contributed by atoms with Crippen molar-refractivity contribution >= 4 is 11.6 Å². The van der Waals surface area contributed by atoms with E-state index in [-0.39, 0.29) is 17.5 Å². The minimum atomic E-state index is -4.62. The van der Waals surface area contributed by atoms with Gasteiger partial charge in [0.05, 0.1) is 6.20 Å². The molecular weight excluding hydrogens is 281 g/mol. The van der Waals surface area contributed by atoms with Gasteiger partial charge in [0.2, 0.25) is 5.82 Å². The normalized spacial score (nSPS) is 11.4. The number of ether oxygens (including phenoxy) is 1. The van der Waals surface area contributed by atoms with E-state index in [4.69, 9.17) is 16.3 Å². The van der Waals surface area contributed by atoms with E-state index in [0.29, 0.717) is 0 Å². The molecule has 0 aliphatic heterocycles. The first kappa shape index (κ1) is 13.6. The monoisotopic (exact) mass is 288 g/mol. The van der Waals surface area contributed by atoms with Gasteiger partial charge in [-0.2, -0.15) is 13.2 Å². The molecule has 2 rings (SSSR count). The lowest BCUT2D eigenvalue weighted by Gasteiger charge is -2.09. The van der Waals surface area contributed by atoms with Crippen molar-refractivity contribution in [3.05, 3.63) is 53.1 Å². The van der Waals surface area contributed by atoms with Gasteiger partial charge in [-0.25, -0.2) is 9.97 Å². The lowest BCUT2D eigenvalue weighted by molar-refractivity contribution is -0.145. The number of rotatable bonds is 3. The van der Waals surface area contributed by atoms with Crippen LogP contribution in [0.4, 0.5) is 13.2 Å². The van der Waals surface area contributed by atoms with Gasteiger partial charge in [0.15, 0.2) is 10.9 Å². The highest BCUT2D eigenvalue weighted by Crippen LogP contribution is 2.30. The number of hydrogen-bond acceptors (Lipinski definition) is 3. The van der Waals surface area contributed by atoms with Crippen LogP contribution >= 0.6 is 11.6 Å². The van der Waals surface area contributed by atoms with E-state index in [1.54, 1.807) is 0 Å². The Bertz CT molecular complexity index is 561. The Morgan fingerprint density at radius 1 is 1.16 bits per heavy atom. The topological polar surface area (TPSA) is 35.0 Å². The molecule has 0 fully saturated rings. The molecule has 3 nitrogen and oxygen atoms in total. The van der Waals surface area contributed by atoms with Gasteiger partial charge in [0, 0.05) is 0 Å². The van der Waals surface area contributed by atoms with Gasteiger partial charge in [0.25, 0.3) is 0 Å². The molecule has 0 unspecified atom stereocenters. The van der Waals surface area contributed by atoms with Crippen molar-refractivity contribution in [1.82, 2.24) is 9.97 Å². The van der Waals surface area contributed by atoms with E-state index >= 15 is 0 Å². The van der Waals surface area contributed by atoms with Gasteiger partial charge < -0.3 is 4.74 Å². The Hall–Kier alpha value is -1.82. The van der Waals surface area contributed by atoms with E-state index in [2.05, 4.69) is 9.97 Å². The smallest absolute Gasteiger partial charge is 0.451 e. The average molecular weight is 289 g/mol. The van der Waals surface area contributed by atoms with Crippen LogP contribution in [0.1, 0.15) is 11.4 Å². The van der Waals surface area contributed by atoms with Gasteiger partial charge in [0.1, 0.15) is 6.61 Å². The van der Waals surface area contributed by atoms with E-state index in [9.17, 15) is 13.2 Å². The summed E-state index contributed by atoms with van der Waals surface area (Å²) in [6.07, 6.45) is -3.71. The second-order valence-electron chi connectivity index (χ2n) is 3.62. The fourth-order valence-corrected chi connectivity index (χ4v) is 1.50. The van der Waals surface area contributed by atoms with Crippen LogP contribution in [0, 0.1) is 0 Å². The number of halogens is 4. The molecule has 0 N–H and O–H groups in total. The number of hydrogen-bond donors (Lipinski definition) is 0. The molecule has 0 atom stereocenters. The lowest BCUT2D eigenvalue weighted by Crippen LogP contribution is -2.11. The molecule has 0 aliphatic rings. The molecule has 1 aromatic carbocycles. The van der Waals surface area contributed by atoms with E-state index < -0.39 is 12.0 Å². The third kappa shape index (κ3) is 3.57. The fraction of sp³-hybridized carbons (Fsp3) is 0.167. The number of aromatic nitrogens is 2. The average Bonchev–Trinajstić information content (AvgIpc) is 2.37. The first-order chi connectivity index (χ1) is 8.97. The maximum absolute atomic E-state index is 12.3. The second-order valence-corrected chi connectivity index (χ2v) is 3.98. The van der Waals surface area contributed by atoms with E-state index in [0.717, 1.165) is 11.8 Å².